The average molecular weight is 525 g/mol. The van der Waals surface area contributed by atoms with Crippen molar-refractivity contribution in [1.82, 2.24) is 18.7 Å². The molecule has 0 radical (unpaired) electrons. The summed E-state index contributed by atoms with van der Waals surface area (Å²) in [5.41, 5.74) is 2.01. The number of anilines is 2. The molecule has 0 bridgehead atoms. The summed E-state index contributed by atoms with van der Waals surface area (Å²) in [7, 11) is 4.89. The zero-order chi connectivity index (χ0) is 26.9. The first-order chi connectivity index (χ1) is 18.2. The Morgan fingerprint density at radius 2 is 1.66 bits per heavy atom. The van der Waals surface area contributed by atoms with E-state index in [0.29, 0.717) is 38.7 Å². The summed E-state index contributed by atoms with van der Waals surface area (Å²) in [4.78, 5) is 42.5. The van der Waals surface area contributed by atoms with Gasteiger partial charge in [-0.3, -0.25) is 18.7 Å². The normalized spacial score (nSPS) is 14.0. The molecule has 5 aromatic rings. The van der Waals surface area contributed by atoms with E-state index in [2.05, 4.69) is 16.4 Å². The third kappa shape index (κ3) is 3.20. The van der Waals surface area contributed by atoms with Crippen molar-refractivity contribution in [1.29, 1.82) is 5.26 Å². The summed E-state index contributed by atoms with van der Waals surface area (Å²) in [6, 6.07) is 16.9. The number of aromatic nitrogens is 4. The van der Waals surface area contributed by atoms with Gasteiger partial charge in [-0.15, -0.1) is 0 Å². The van der Waals surface area contributed by atoms with Gasteiger partial charge in [0.25, 0.3) is 11.1 Å². The smallest absolute Gasteiger partial charge is 0.332 e. The molecule has 1 aliphatic rings. The van der Waals surface area contributed by atoms with E-state index in [4.69, 9.17) is 11.6 Å². The monoisotopic (exact) mass is 524 g/mol. The van der Waals surface area contributed by atoms with Gasteiger partial charge >= 0.3 is 5.69 Å². The van der Waals surface area contributed by atoms with E-state index in [9.17, 15) is 19.6 Å². The van der Waals surface area contributed by atoms with Crippen LogP contribution in [-0.2, 0) is 21.1 Å². The molecule has 2 aromatic carbocycles. The number of benzene rings is 2. The molecular formula is C28H21ClN6O3. The highest BCUT2D eigenvalue weighted by atomic mass is 35.5. The number of pyridine rings is 1. The Bertz CT molecular complexity index is 2020. The number of nitrogens with one attached hydrogen (secondary N) is 2. The maximum absolute atomic E-state index is 13.7. The number of aromatic amines is 1. The molecule has 0 fully saturated rings. The zero-order valence-electron chi connectivity index (χ0n) is 20.7. The minimum absolute atomic E-state index is 0.0639. The van der Waals surface area contributed by atoms with Crippen LogP contribution < -0.4 is 22.1 Å². The average Bonchev–Trinajstić information content (AvgIpc) is 3.25. The zero-order valence-corrected chi connectivity index (χ0v) is 21.4. The number of hydrogen-bond acceptors (Lipinski definition) is 5. The van der Waals surface area contributed by atoms with Gasteiger partial charge in [-0.25, -0.2) is 4.79 Å². The molecule has 1 unspecified atom stereocenters. The predicted molar refractivity (Wildman–Crippen MR) is 146 cm³/mol. The van der Waals surface area contributed by atoms with Gasteiger partial charge in [0, 0.05) is 65.9 Å². The first kappa shape index (κ1) is 23.6. The minimum Gasteiger partial charge on any atom is -0.350 e. The summed E-state index contributed by atoms with van der Waals surface area (Å²) in [5.74, 6) is -0.135. The fourth-order valence-corrected chi connectivity index (χ4v) is 5.59. The van der Waals surface area contributed by atoms with E-state index in [1.165, 1.54) is 11.6 Å². The summed E-state index contributed by atoms with van der Waals surface area (Å²) in [5, 5.41) is 14.7. The Hall–Kier alpha value is -4.81. The maximum atomic E-state index is 13.7. The van der Waals surface area contributed by atoms with Gasteiger partial charge in [0.15, 0.2) is 0 Å². The highest BCUT2D eigenvalue weighted by Crippen LogP contribution is 2.48. The summed E-state index contributed by atoms with van der Waals surface area (Å²) in [6.45, 7) is 0. The van der Waals surface area contributed by atoms with Crippen LogP contribution in [0.2, 0.25) is 5.02 Å². The molecule has 0 amide bonds. The molecule has 188 valence electrons. The van der Waals surface area contributed by atoms with Gasteiger partial charge in [-0.1, -0.05) is 41.9 Å². The number of H-pyrrole nitrogens is 1. The number of halogens is 1. The fraction of sp³-hybridized carbons (Fsp3) is 0.143. The molecule has 6 rings (SSSR count). The van der Waals surface area contributed by atoms with E-state index in [0.717, 1.165) is 15.5 Å². The van der Waals surface area contributed by atoms with Crippen molar-refractivity contribution in [3.8, 4) is 17.2 Å². The Labute approximate surface area is 220 Å². The lowest BCUT2D eigenvalue weighted by atomic mass is 9.79. The van der Waals surface area contributed by atoms with Crippen LogP contribution >= 0.6 is 11.6 Å². The van der Waals surface area contributed by atoms with Gasteiger partial charge in [-0.05, 0) is 23.8 Å². The molecule has 9 nitrogen and oxygen atoms in total. The van der Waals surface area contributed by atoms with Crippen molar-refractivity contribution < 1.29 is 0 Å². The molecule has 0 saturated heterocycles. The maximum Gasteiger partial charge on any atom is 0.332 e. The SMILES string of the molecule is Cn1c2c(c(=O)n(C)c1=O)C(c1ccc(Cl)cc1)c1c([nH]c(=O)c(C#N)c1-c1cn(C)c3ccccc13)N2. The largest absolute Gasteiger partial charge is 0.350 e. The fourth-order valence-electron chi connectivity index (χ4n) is 5.46. The van der Waals surface area contributed by atoms with Gasteiger partial charge in [-0.2, -0.15) is 5.26 Å². The standard InChI is InChI=1S/C28H21ClN6O3/c1-33-13-18(16-6-4-5-7-19(16)33)21-17(12-30)26(36)32-24-22(21)20(14-8-10-15(29)11-9-14)23-25(31-24)34(2)28(38)35(3)27(23)37/h4-11,13,20H,1-3H3,(H2,31,32,36). The Balaban J connectivity index is 1.82. The number of hydrogen-bond donors (Lipinski definition) is 2. The number of para-hydroxylation sites is 1. The molecule has 3 aromatic heterocycles. The number of aryl methyl sites for hydroxylation is 1. The molecule has 1 atom stereocenters. The van der Waals surface area contributed by atoms with E-state index >= 15 is 0 Å². The van der Waals surface area contributed by atoms with Crippen molar-refractivity contribution >= 4 is 34.1 Å². The van der Waals surface area contributed by atoms with Gasteiger partial charge in [0.05, 0.1) is 5.56 Å². The van der Waals surface area contributed by atoms with E-state index in [1.54, 1.807) is 31.3 Å². The Morgan fingerprint density at radius 3 is 2.37 bits per heavy atom. The third-order valence-electron chi connectivity index (χ3n) is 7.26. The lowest BCUT2D eigenvalue weighted by Crippen LogP contribution is -2.42. The van der Waals surface area contributed by atoms with Crippen LogP contribution in [0.4, 0.5) is 11.6 Å². The molecule has 0 aliphatic carbocycles. The molecule has 1 aliphatic heterocycles. The number of rotatable bonds is 2. The van der Waals surface area contributed by atoms with Crippen LogP contribution in [0.25, 0.3) is 22.0 Å². The molecule has 0 saturated carbocycles. The lowest BCUT2D eigenvalue weighted by molar-refractivity contribution is 0.666. The van der Waals surface area contributed by atoms with E-state index in [-0.39, 0.29) is 11.4 Å². The van der Waals surface area contributed by atoms with Crippen molar-refractivity contribution in [2.24, 2.45) is 21.1 Å². The number of fused-ring (bicyclic) bond motifs is 3. The van der Waals surface area contributed by atoms with Gasteiger partial charge in [0.1, 0.15) is 23.3 Å². The van der Waals surface area contributed by atoms with Crippen LogP contribution in [0.3, 0.4) is 0 Å². The molecule has 0 spiro atoms. The van der Waals surface area contributed by atoms with E-state index < -0.39 is 22.7 Å². The second-order valence-electron chi connectivity index (χ2n) is 9.35. The summed E-state index contributed by atoms with van der Waals surface area (Å²) < 4.78 is 4.34. The van der Waals surface area contributed by atoms with Crippen LogP contribution in [-0.4, -0.2) is 18.7 Å². The Morgan fingerprint density at radius 1 is 0.947 bits per heavy atom. The van der Waals surface area contributed by atoms with Crippen LogP contribution in [0.1, 0.15) is 28.2 Å². The predicted octanol–water partition coefficient (Wildman–Crippen LogP) is 3.69. The second-order valence-corrected chi connectivity index (χ2v) is 9.79. The van der Waals surface area contributed by atoms with Crippen LogP contribution in [0.5, 0.6) is 0 Å². The molecular weight excluding hydrogens is 504 g/mol. The molecule has 10 heteroatoms. The molecule has 2 N–H and O–H groups in total. The lowest BCUT2D eigenvalue weighted by Gasteiger charge is -2.32. The topological polar surface area (TPSA) is 118 Å². The summed E-state index contributed by atoms with van der Waals surface area (Å²) in [6.07, 6.45) is 1.88. The quantitative estimate of drug-likeness (QED) is 0.358. The van der Waals surface area contributed by atoms with E-state index in [1.807, 2.05) is 42.1 Å². The molecule has 4 heterocycles. The van der Waals surface area contributed by atoms with Crippen molar-refractivity contribution in [2.75, 3.05) is 5.32 Å². The third-order valence-corrected chi connectivity index (χ3v) is 7.51. The number of nitrogens with zero attached hydrogens (tertiary/aromatic N) is 4. The first-order valence-corrected chi connectivity index (χ1v) is 12.2. The molecule has 38 heavy (non-hydrogen) atoms. The minimum atomic E-state index is -0.720. The summed E-state index contributed by atoms with van der Waals surface area (Å²) >= 11 is 6.20. The van der Waals surface area contributed by atoms with Crippen LogP contribution in [0.15, 0.2) is 69.1 Å². The van der Waals surface area contributed by atoms with Crippen LogP contribution in [0, 0.1) is 11.3 Å². The van der Waals surface area contributed by atoms with Crippen molar-refractivity contribution in [3.63, 3.8) is 0 Å². The Kier molecular flexibility index (Phi) is 5.19. The number of nitriles is 1. The van der Waals surface area contributed by atoms with Gasteiger partial charge in [0.2, 0.25) is 0 Å². The van der Waals surface area contributed by atoms with Gasteiger partial charge < -0.3 is 14.9 Å². The highest BCUT2D eigenvalue weighted by molar-refractivity contribution is 6.30. The highest BCUT2D eigenvalue weighted by Gasteiger charge is 2.37. The van der Waals surface area contributed by atoms with Crippen molar-refractivity contribution in [2.45, 2.75) is 5.92 Å². The first-order valence-electron chi connectivity index (χ1n) is 11.8. The second kappa shape index (κ2) is 8.36. The van der Waals surface area contributed by atoms with Crippen molar-refractivity contribution in [3.05, 3.63) is 113 Å².